The third kappa shape index (κ3) is 4.82. The second kappa shape index (κ2) is 8.65. The molecule has 1 unspecified atom stereocenters. The summed E-state index contributed by atoms with van der Waals surface area (Å²) in [5.74, 6) is 0.876. The zero-order chi connectivity index (χ0) is 16.8. The normalized spacial score (nSPS) is 23.3. The summed E-state index contributed by atoms with van der Waals surface area (Å²) >= 11 is 0. The lowest BCUT2D eigenvalue weighted by Crippen LogP contribution is -2.45. The largest absolute Gasteiger partial charge is 0.459 e. The van der Waals surface area contributed by atoms with E-state index in [-0.39, 0.29) is 5.91 Å². The van der Waals surface area contributed by atoms with Crippen LogP contribution < -0.4 is 5.32 Å². The van der Waals surface area contributed by atoms with E-state index in [0.717, 1.165) is 58.0 Å². The van der Waals surface area contributed by atoms with Crippen LogP contribution >= 0.6 is 0 Å². The van der Waals surface area contributed by atoms with Crippen molar-refractivity contribution < 1.29 is 13.9 Å². The Hall–Kier alpha value is -1.37. The molecule has 1 aromatic rings. The highest BCUT2D eigenvalue weighted by molar-refractivity contribution is 5.92. The number of aryl methyl sites for hydroxylation is 1. The van der Waals surface area contributed by atoms with Crippen LogP contribution in [0.2, 0.25) is 0 Å². The highest BCUT2D eigenvalue weighted by atomic mass is 16.5. The molecule has 1 amide bonds. The maximum Gasteiger partial charge on any atom is 0.287 e. The Morgan fingerprint density at radius 1 is 1.25 bits per heavy atom. The van der Waals surface area contributed by atoms with Gasteiger partial charge in [0.2, 0.25) is 0 Å². The van der Waals surface area contributed by atoms with Crippen LogP contribution in [0.4, 0.5) is 0 Å². The average Bonchev–Trinajstić information content (AvgIpc) is 3.05. The fraction of sp³-hybridized carbons (Fsp3) is 0.722. The molecule has 0 spiro atoms. The second-order valence-electron chi connectivity index (χ2n) is 6.91. The van der Waals surface area contributed by atoms with Crippen molar-refractivity contribution in [1.29, 1.82) is 0 Å². The molecular weight excluding hydrogens is 306 g/mol. The summed E-state index contributed by atoms with van der Waals surface area (Å²) < 4.78 is 10.7. The summed E-state index contributed by atoms with van der Waals surface area (Å²) in [7, 11) is 0. The molecule has 1 N–H and O–H groups in total. The number of amides is 1. The minimum absolute atomic E-state index is 0.0945. The molecule has 3 heterocycles. The summed E-state index contributed by atoms with van der Waals surface area (Å²) in [5, 5.41) is 3.04. The lowest BCUT2D eigenvalue weighted by molar-refractivity contribution is 0.0308. The maximum absolute atomic E-state index is 12.1. The van der Waals surface area contributed by atoms with E-state index in [9.17, 15) is 4.79 Å². The standard InChI is InChI=1S/C18H29N3O3/c1-15-4-10-24-17(15)18(22)19-13-16-3-2-5-21(14-16)7-6-20-8-11-23-12-9-20/h4,10,16H,2-3,5-9,11-14H2,1H3,(H,19,22). The first-order valence-electron chi connectivity index (χ1n) is 9.07. The number of carbonyl (C=O) groups excluding carboxylic acids is 1. The van der Waals surface area contributed by atoms with Crippen molar-refractivity contribution >= 4 is 5.91 Å². The molecule has 2 aliphatic rings. The van der Waals surface area contributed by atoms with Gasteiger partial charge < -0.3 is 19.4 Å². The van der Waals surface area contributed by atoms with Crippen LogP contribution in [0.5, 0.6) is 0 Å². The van der Waals surface area contributed by atoms with E-state index < -0.39 is 0 Å². The van der Waals surface area contributed by atoms with Gasteiger partial charge in [0.15, 0.2) is 5.76 Å². The van der Waals surface area contributed by atoms with E-state index in [1.54, 1.807) is 6.26 Å². The molecule has 2 aliphatic heterocycles. The summed E-state index contributed by atoms with van der Waals surface area (Å²) in [4.78, 5) is 17.2. The van der Waals surface area contributed by atoms with Gasteiger partial charge in [-0.05, 0) is 38.3 Å². The van der Waals surface area contributed by atoms with Crippen LogP contribution in [-0.4, -0.2) is 74.7 Å². The summed E-state index contributed by atoms with van der Waals surface area (Å²) in [6.45, 7) is 10.9. The van der Waals surface area contributed by atoms with Crippen molar-refractivity contribution in [1.82, 2.24) is 15.1 Å². The van der Waals surface area contributed by atoms with Crippen LogP contribution in [0.15, 0.2) is 16.7 Å². The molecule has 6 nitrogen and oxygen atoms in total. The Balaban J connectivity index is 1.38. The van der Waals surface area contributed by atoms with Crippen molar-refractivity contribution in [2.75, 3.05) is 59.0 Å². The Labute approximate surface area is 144 Å². The molecule has 1 aromatic heterocycles. The van der Waals surface area contributed by atoms with E-state index in [0.29, 0.717) is 11.7 Å². The molecular formula is C18H29N3O3. The summed E-state index contributed by atoms with van der Waals surface area (Å²) in [6.07, 6.45) is 3.97. The number of piperidine rings is 1. The van der Waals surface area contributed by atoms with E-state index in [2.05, 4.69) is 15.1 Å². The molecule has 0 radical (unpaired) electrons. The zero-order valence-corrected chi connectivity index (χ0v) is 14.6. The Kier molecular flexibility index (Phi) is 6.29. The fourth-order valence-corrected chi connectivity index (χ4v) is 3.55. The van der Waals surface area contributed by atoms with E-state index in [1.165, 1.54) is 19.4 Å². The van der Waals surface area contributed by atoms with Gasteiger partial charge in [-0.2, -0.15) is 0 Å². The first kappa shape index (κ1) is 17.5. The molecule has 3 rings (SSSR count). The van der Waals surface area contributed by atoms with E-state index >= 15 is 0 Å². The molecule has 2 saturated heterocycles. The number of hydrogen-bond donors (Lipinski definition) is 1. The second-order valence-corrected chi connectivity index (χ2v) is 6.91. The third-order valence-electron chi connectivity index (χ3n) is 5.06. The third-order valence-corrected chi connectivity index (χ3v) is 5.06. The molecule has 1 atom stereocenters. The number of morpholine rings is 1. The minimum Gasteiger partial charge on any atom is -0.459 e. The monoisotopic (exact) mass is 335 g/mol. The number of hydrogen-bond acceptors (Lipinski definition) is 5. The van der Waals surface area contributed by atoms with Crippen LogP contribution in [-0.2, 0) is 4.74 Å². The molecule has 134 valence electrons. The predicted molar refractivity (Wildman–Crippen MR) is 92.2 cm³/mol. The number of carbonyl (C=O) groups is 1. The van der Waals surface area contributed by atoms with Gasteiger partial charge in [0, 0.05) is 44.8 Å². The average molecular weight is 335 g/mol. The smallest absolute Gasteiger partial charge is 0.287 e. The lowest BCUT2D eigenvalue weighted by Gasteiger charge is -2.35. The molecule has 0 aliphatic carbocycles. The van der Waals surface area contributed by atoms with E-state index in [1.807, 2.05) is 13.0 Å². The molecule has 0 saturated carbocycles. The number of rotatable bonds is 6. The Bertz CT molecular complexity index is 525. The van der Waals surface area contributed by atoms with Crippen molar-refractivity contribution in [2.45, 2.75) is 19.8 Å². The highest BCUT2D eigenvalue weighted by Crippen LogP contribution is 2.16. The topological polar surface area (TPSA) is 58.0 Å². The van der Waals surface area contributed by atoms with Crippen molar-refractivity contribution in [3.63, 3.8) is 0 Å². The first-order valence-corrected chi connectivity index (χ1v) is 9.07. The van der Waals surface area contributed by atoms with Crippen LogP contribution in [0.3, 0.4) is 0 Å². The lowest BCUT2D eigenvalue weighted by atomic mass is 9.98. The van der Waals surface area contributed by atoms with Crippen molar-refractivity contribution in [3.05, 3.63) is 23.7 Å². The van der Waals surface area contributed by atoms with Gasteiger partial charge in [0.25, 0.3) is 5.91 Å². The van der Waals surface area contributed by atoms with Gasteiger partial charge in [0.05, 0.1) is 19.5 Å². The number of nitrogens with one attached hydrogen (secondary N) is 1. The molecule has 24 heavy (non-hydrogen) atoms. The van der Waals surface area contributed by atoms with Crippen LogP contribution in [0.25, 0.3) is 0 Å². The highest BCUT2D eigenvalue weighted by Gasteiger charge is 2.22. The molecule has 0 aromatic carbocycles. The quantitative estimate of drug-likeness (QED) is 0.851. The number of ether oxygens (including phenoxy) is 1. The van der Waals surface area contributed by atoms with E-state index in [4.69, 9.17) is 9.15 Å². The number of likely N-dealkylation sites (tertiary alicyclic amines) is 1. The molecule has 6 heteroatoms. The molecule has 2 fully saturated rings. The van der Waals surface area contributed by atoms with Gasteiger partial charge in [0.1, 0.15) is 0 Å². The fourth-order valence-electron chi connectivity index (χ4n) is 3.55. The van der Waals surface area contributed by atoms with Gasteiger partial charge in [-0.25, -0.2) is 0 Å². The number of furan rings is 1. The Morgan fingerprint density at radius 2 is 2.04 bits per heavy atom. The van der Waals surface area contributed by atoms with Crippen LogP contribution in [0.1, 0.15) is 29.0 Å². The van der Waals surface area contributed by atoms with Gasteiger partial charge in [-0.1, -0.05) is 0 Å². The summed E-state index contributed by atoms with van der Waals surface area (Å²) in [5.41, 5.74) is 0.892. The van der Waals surface area contributed by atoms with Gasteiger partial charge in [-0.15, -0.1) is 0 Å². The van der Waals surface area contributed by atoms with Crippen molar-refractivity contribution in [2.24, 2.45) is 5.92 Å². The predicted octanol–water partition coefficient (Wildman–Crippen LogP) is 1.36. The van der Waals surface area contributed by atoms with Gasteiger partial charge in [-0.3, -0.25) is 9.69 Å². The Morgan fingerprint density at radius 3 is 2.79 bits per heavy atom. The first-order chi connectivity index (χ1) is 11.7. The zero-order valence-electron chi connectivity index (χ0n) is 14.6. The molecule has 0 bridgehead atoms. The van der Waals surface area contributed by atoms with Crippen LogP contribution in [0, 0.1) is 12.8 Å². The number of nitrogens with zero attached hydrogens (tertiary/aromatic N) is 2. The SMILES string of the molecule is Cc1ccoc1C(=O)NCC1CCCN(CCN2CCOCC2)C1. The van der Waals surface area contributed by atoms with Gasteiger partial charge >= 0.3 is 0 Å². The maximum atomic E-state index is 12.1. The van der Waals surface area contributed by atoms with Crippen molar-refractivity contribution in [3.8, 4) is 0 Å². The minimum atomic E-state index is -0.0945. The summed E-state index contributed by atoms with van der Waals surface area (Å²) in [6, 6.07) is 1.82.